The smallest absolute Gasteiger partial charge is 0.247 e. The summed E-state index contributed by atoms with van der Waals surface area (Å²) in [4.78, 5) is 27.8. The SMILES string of the molecule is C=CC(=O)Nc1cc(Nc2ncc3cncc(-c4cccc(Cl)c4)c3n2)c(OC)cc1OC1CN(C)C1. The predicted octanol–water partition coefficient (Wildman–Crippen LogP) is 4.91. The summed E-state index contributed by atoms with van der Waals surface area (Å²) >= 11 is 6.22. The van der Waals surface area contributed by atoms with E-state index in [9.17, 15) is 4.79 Å². The number of hydrogen-bond acceptors (Lipinski definition) is 8. The van der Waals surface area contributed by atoms with Crippen LogP contribution in [0.2, 0.25) is 5.02 Å². The molecule has 0 atom stereocenters. The first kappa shape index (κ1) is 24.5. The fraction of sp³-hybridized carbons (Fsp3) is 0.185. The average molecular weight is 517 g/mol. The number of pyridine rings is 1. The van der Waals surface area contributed by atoms with Gasteiger partial charge in [0.25, 0.3) is 0 Å². The molecule has 0 unspecified atom stereocenters. The predicted molar refractivity (Wildman–Crippen MR) is 145 cm³/mol. The average Bonchev–Trinajstić information content (AvgIpc) is 2.88. The highest BCUT2D eigenvalue weighted by Gasteiger charge is 2.27. The van der Waals surface area contributed by atoms with E-state index in [0.717, 1.165) is 29.6 Å². The van der Waals surface area contributed by atoms with E-state index < -0.39 is 0 Å². The molecule has 1 aliphatic rings. The van der Waals surface area contributed by atoms with Crippen molar-refractivity contribution in [2.75, 3.05) is 37.9 Å². The highest BCUT2D eigenvalue weighted by Crippen LogP contribution is 2.39. The van der Waals surface area contributed by atoms with Gasteiger partial charge in [0, 0.05) is 53.7 Å². The minimum Gasteiger partial charge on any atom is -0.494 e. The van der Waals surface area contributed by atoms with Crippen LogP contribution in [-0.2, 0) is 4.79 Å². The lowest BCUT2D eigenvalue weighted by atomic mass is 10.1. The summed E-state index contributed by atoms with van der Waals surface area (Å²) < 4.78 is 11.8. The van der Waals surface area contributed by atoms with Gasteiger partial charge in [-0.3, -0.25) is 14.7 Å². The first-order valence-corrected chi connectivity index (χ1v) is 12.0. The molecule has 4 aromatic rings. The molecular weight excluding hydrogens is 492 g/mol. The molecule has 0 bridgehead atoms. The van der Waals surface area contributed by atoms with Crippen LogP contribution in [0.4, 0.5) is 17.3 Å². The molecule has 2 aromatic heterocycles. The number of nitrogens with one attached hydrogen (secondary N) is 2. The zero-order chi connectivity index (χ0) is 25.9. The number of rotatable bonds is 8. The second-order valence-electron chi connectivity index (χ2n) is 8.66. The maximum Gasteiger partial charge on any atom is 0.247 e. The summed E-state index contributed by atoms with van der Waals surface area (Å²) in [5.41, 5.74) is 3.46. The van der Waals surface area contributed by atoms with E-state index in [-0.39, 0.29) is 12.0 Å². The molecule has 5 rings (SSSR count). The number of nitrogens with zero attached hydrogens (tertiary/aromatic N) is 4. The first-order chi connectivity index (χ1) is 17.9. The Morgan fingerprint density at radius 3 is 2.73 bits per heavy atom. The van der Waals surface area contributed by atoms with Crippen LogP contribution in [0.15, 0.2) is 67.6 Å². The standard InChI is InChI=1S/C27H25ClN6O3/c1-4-25(35)31-22-9-21(23(36-3)10-24(22)37-19-14-34(2)15-19)32-27-30-12-17-11-29-13-20(26(17)33-27)16-6-5-7-18(28)8-16/h4-13,19H,1,14-15H2,2-3H3,(H,31,35)(H,30,32,33). The molecule has 1 aliphatic heterocycles. The Kier molecular flexibility index (Phi) is 6.89. The van der Waals surface area contributed by atoms with Crippen LogP contribution in [0.3, 0.4) is 0 Å². The van der Waals surface area contributed by atoms with Crippen molar-refractivity contribution in [2.24, 2.45) is 0 Å². The van der Waals surface area contributed by atoms with Crippen molar-refractivity contribution in [1.82, 2.24) is 19.9 Å². The van der Waals surface area contributed by atoms with E-state index in [1.165, 1.54) is 6.08 Å². The zero-order valence-corrected chi connectivity index (χ0v) is 21.1. The number of likely N-dealkylation sites (N-methyl/N-ethyl adjacent to an activating group) is 1. The second-order valence-corrected chi connectivity index (χ2v) is 9.09. The van der Waals surface area contributed by atoms with Gasteiger partial charge in [-0.2, -0.15) is 0 Å². The molecule has 10 heteroatoms. The van der Waals surface area contributed by atoms with Crippen molar-refractivity contribution in [2.45, 2.75) is 6.10 Å². The van der Waals surface area contributed by atoms with Gasteiger partial charge in [0.2, 0.25) is 11.9 Å². The van der Waals surface area contributed by atoms with Gasteiger partial charge in [-0.25, -0.2) is 9.97 Å². The summed E-state index contributed by atoms with van der Waals surface area (Å²) in [5.74, 6) is 1.00. The molecule has 2 N–H and O–H groups in total. The number of carbonyl (C=O) groups is 1. The van der Waals surface area contributed by atoms with E-state index in [4.69, 9.17) is 26.1 Å². The number of ether oxygens (including phenoxy) is 2. The third-order valence-corrected chi connectivity index (χ3v) is 6.18. The monoisotopic (exact) mass is 516 g/mol. The Morgan fingerprint density at radius 1 is 1.16 bits per heavy atom. The molecule has 0 radical (unpaired) electrons. The van der Waals surface area contributed by atoms with Gasteiger partial charge in [0.05, 0.1) is 24.0 Å². The van der Waals surface area contributed by atoms with Gasteiger partial charge in [-0.15, -0.1) is 0 Å². The molecule has 0 spiro atoms. The molecule has 9 nitrogen and oxygen atoms in total. The normalized spacial score (nSPS) is 13.6. The number of hydrogen-bond donors (Lipinski definition) is 2. The van der Waals surface area contributed by atoms with Gasteiger partial charge < -0.3 is 20.1 Å². The van der Waals surface area contributed by atoms with Gasteiger partial charge in [0.15, 0.2) is 0 Å². The molecule has 3 heterocycles. The van der Waals surface area contributed by atoms with E-state index in [1.807, 2.05) is 31.3 Å². The van der Waals surface area contributed by atoms with E-state index in [2.05, 4.69) is 32.1 Å². The fourth-order valence-electron chi connectivity index (χ4n) is 4.11. The molecule has 188 valence electrons. The van der Waals surface area contributed by atoms with Crippen LogP contribution in [0.5, 0.6) is 11.5 Å². The van der Waals surface area contributed by atoms with Crippen molar-refractivity contribution in [3.8, 4) is 22.6 Å². The summed E-state index contributed by atoms with van der Waals surface area (Å²) in [5, 5.41) is 7.44. The van der Waals surface area contributed by atoms with Crippen molar-refractivity contribution in [3.63, 3.8) is 0 Å². The minimum absolute atomic E-state index is 0.0234. The number of fused-ring (bicyclic) bond motifs is 1. The van der Waals surface area contributed by atoms with Crippen molar-refractivity contribution >= 4 is 45.7 Å². The van der Waals surface area contributed by atoms with E-state index in [0.29, 0.717) is 39.4 Å². The Labute approximate surface area is 219 Å². The zero-order valence-electron chi connectivity index (χ0n) is 20.4. The molecule has 2 aromatic carbocycles. The summed E-state index contributed by atoms with van der Waals surface area (Å²) in [6, 6.07) is 11.0. The summed E-state index contributed by atoms with van der Waals surface area (Å²) in [6.45, 7) is 5.14. The number of anilines is 3. The van der Waals surface area contributed by atoms with Crippen molar-refractivity contribution in [1.29, 1.82) is 0 Å². The highest BCUT2D eigenvalue weighted by atomic mass is 35.5. The van der Waals surface area contributed by atoms with E-state index in [1.54, 1.807) is 37.8 Å². The number of halogens is 1. The number of benzene rings is 2. The Bertz CT molecular complexity index is 1490. The lowest BCUT2D eigenvalue weighted by molar-refractivity contribution is -0.111. The maximum absolute atomic E-state index is 12.1. The third kappa shape index (κ3) is 5.32. The van der Waals surface area contributed by atoms with Gasteiger partial charge in [-0.05, 0) is 36.9 Å². The number of methoxy groups -OCH3 is 1. The molecule has 1 amide bonds. The van der Waals surface area contributed by atoms with Gasteiger partial charge >= 0.3 is 0 Å². The number of likely N-dealkylation sites (tertiary alicyclic amines) is 1. The largest absolute Gasteiger partial charge is 0.494 e. The van der Waals surface area contributed by atoms with E-state index >= 15 is 0 Å². The van der Waals surface area contributed by atoms with Crippen LogP contribution >= 0.6 is 11.6 Å². The fourth-order valence-corrected chi connectivity index (χ4v) is 4.30. The molecule has 0 saturated carbocycles. The Morgan fingerprint density at radius 2 is 2.00 bits per heavy atom. The number of carbonyl (C=O) groups excluding carboxylic acids is 1. The quantitative estimate of drug-likeness (QED) is 0.318. The molecule has 0 aliphatic carbocycles. The van der Waals surface area contributed by atoms with Crippen LogP contribution in [0, 0.1) is 0 Å². The van der Waals surface area contributed by atoms with Gasteiger partial charge in [-0.1, -0.05) is 30.3 Å². The highest BCUT2D eigenvalue weighted by molar-refractivity contribution is 6.30. The second kappa shape index (κ2) is 10.4. The first-order valence-electron chi connectivity index (χ1n) is 11.6. The topological polar surface area (TPSA) is 102 Å². The lowest BCUT2D eigenvalue weighted by Crippen LogP contribution is -2.51. The number of aromatic nitrogens is 3. The maximum atomic E-state index is 12.1. The van der Waals surface area contributed by atoms with Crippen LogP contribution in [-0.4, -0.2) is 59.1 Å². The van der Waals surface area contributed by atoms with Crippen LogP contribution in [0.25, 0.3) is 22.0 Å². The van der Waals surface area contributed by atoms with Crippen molar-refractivity contribution in [3.05, 3.63) is 72.7 Å². The third-order valence-electron chi connectivity index (χ3n) is 5.94. The summed E-state index contributed by atoms with van der Waals surface area (Å²) in [7, 11) is 3.58. The Balaban J connectivity index is 1.52. The van der Waals surface area contributed by atoms with Crippen molar-refractivity contribution < 1.29 is 14.3 Å². The van der Waals surface area contributed by atoms with Crippen LogP contribution < -0.4 is 20.1 Å². The molecule has 1 saturated heterocycles. The molecule has 1 fully saturated rings. The molecule has 37 heavy (non-hydrogen) atoms. The van der Waals surface area contributed by atoms with Crippen LogP contribution in [0.1, 0.15) is 0 Å². The molecular formula is C27H25ClN6O3. The Hall–Kier alpha value is -4.21. The lowest BCUT2D eigenvalue weighted by Gasteiger charge is -2.36. The minimum atomic E-state index is -0.354. The number of amides is 1. The van der Waals surface area contributed by atoms with Gasteiger partial charge in [0.1, 0.15) is 17.6 Å². The summed E-state index contributed by atoms with van der Waals surface area (Å²) in [6.07, 6.45) is 6.38.